The fourth-order valence-corrected chi connectivity index (χ4v) is 2.42. The molecule has 6 nitrogen and oxygen atoms in total. The first-order valence-corrected chi connectivity index (χ1v) is 9.02. The number of benzene rings is 2. The van der Waals surface area contributed by atoms with Crippen LogP contribution in [0.1, 0.15) is 42.6 Å². The van der Waals surface area contributed by atoms with E-state index >= 15 is 0 Å². The lowest BCUT2D eigenvalue weighted by molar-refractivity contribution is -0.132. The number of rotatable bonds is 7. The standard InChI is InChI=1S/C21H24N2O4/c1-3-5-6-15-7-11-17(12-8-15)22-19(24)20(25)23-18-13-9-16(10-14-18)21(26)27-4-2/h7-14H,3-6H2,1-2H3,(H,22,24)(H,23,25). The first-order valence-electron chi connectivity index (χ1n) is 9.02. The molecular formula is C21H24N2O4. The Balaban J connectivity index is 1.89. The molecule has 142 valence electrons. The molecule has 0 heterocycles. The van der Waals surface area contributed by atoms with E-state index in [1.165, 1.54) is 17.7 Å². The Kier molecular flexibility index (Phi) is 7.55. The van der Waals surface area contributed by atoms with Crippen molar-refractivity contribution in [2.45, 2.75) is 33.1 Å². The van der Waals surface area contributed by atoms with Gasteiger partial charge in [0.15, 0.2) is 0 Å². The van der Waals surface area contributed by atoms with E-state index in [-0.39, 0.29) is 6.61 Å². The number of esters is 1. The van der Waals surface area contributed by atoms with Gasteiger partial charge in [0.1, 0.15) is 0 Å². The zero-order valence-electron chi connectivity index (χ0n) is 15.6. The molecule has 27 heavy (non-hydrogen) atoms. The first-order chi connectivity index (χ1) is 13.0. The fourth-order valence-electron chi connectivity index (χ4n) is 2.42. The average molecular weight is 368 g/mol. The molecule has 2 amide bonds. The van der Waals surface area contributed by atoms with Crippen molar-refractivity contribution in [3.8, 4) is 0 Å². The second kappa shape index (κ2) is 10.1. The third-order valence-electron chi connectivity index (χ3n) is 3.89. The molecule has 0 radical (unpaired) electrons. The van der Waals surface area contributed by atoms with E-state index in [1.807, 2.05) is 12.1 Å². The second-order valence-electron chi connectivity index (χ2n) is 6.01. The van der Waals surface area contributed by atoms with Gasteiger partial charge in [-0.1, -0.05) is 25.5 Å². The Morgan fingerprint density at radius 3 is 1.81 bits per heavy atom. The van der Waals surface area contributed by atoms with E-state index in [1.54, 1.807) is 31.2 Å². The van der Waals surface area contributed by atoms with Crippen LogP contribution in [0.4, 0.5) is 11.4 Å². The largest absolute Gasteiger partial charge is 0.462 e. The number of nitrogens with one attached hydrogen (secondary N) is 2. The van der Waals surface area contributed by atoms with Crippen molar-refractivity contribution >= 4 is 29.2 Å². The molecule has 0 atom stereocenters. The van der Waals surface area contributed by atoms with Crippen LogP contribution in [0.2, 0.25) is 0 Å². The van der Waals surface area contributed by atoms with Crippen LogP contribution in [0.3, 0.4) is 0 Å². The third-order valence-corrected chi connectivity index (χ3v) is 3.89. The number of amides is 2. The highest BCUT2D eigenvalue weighted by molar-refractivity contribution is 6.43. The van der Waals surface area contributed by atoms with Crippen LogP contribution in [0, 0.1) is 0 Å². The monoisotopic (exact) mass is 368 g/mol. The molecule has 6 heteroatoms. The summed E-state index contributed by atoms with van der Waals surface area (Å²) < 4.78 is 4.89. The van der Waals surface area contributed by atoms with E-state index in [2.05, 4.69) is 17.6 Å². The van der Waals surface area contributed by atoms with Crippen molar-refractivity contribution in [3.05, 3.63) is 59.7 Å². The number of unbranched alkanes of at least 4 members (excludes halogenated alkanes) is 1. The Bertz CT molecular complexity index is 783. The van der Waals surface area contributed by atoms with Crippen LogP contribution in [0.5, 0.6) is 0 Å². The lowest BCUT2D eigenvalue weighted by atomic mass is 10.1. The molecule has 0 aliphatic heterocycles. The van der Waals surface area contributed by atoms with Crippen LogP contribution in [0.15, 0.2) is 48.5 Å². The minimum Gasteiger partial charge on any atom is -0.462 e. The van der Waals surface area contributed by atoms with E-state index in [9.17, 15) is 14.4 Å². The fraction of sp³-hybridized carbons (Fsp3) is 0.286. The molecule has 0 aliphatic rings. The van der Waals surface area contributed by atoms with Crippen molar-refractivity contribution in [3.63, 3.8) is 0 Å². The summed E-state index contributed by atoms with van der Waals surface area (Å²) in [5.74, 6) is -1.98. The van der Waals surface area contributed by atoms with Gasteiger partial charge in [-0.15, -0.1) is 0 Å². The maximum atomic E-state index is 12.0. The summed E-state index contributed by atoms with van der Waals surface area (Å²) in [5, 5.41) is 5.06. The molecule has 0 fully saturated rings. The van der Waals surface area contributed by atoms with Gasteiger partial charge in [0.25, 0.3) is 0 Å². The van der Waals surface area contributed by atoms with Crippen LogP contribution < -0.4 is 10.6 Å². The van der Waals surface area contributed by atoms with Crippen LogP contribution in [-0.2, 0) is 20.7 Å². The molecular weight excluding hydrogens is 344 g/mol. The lowest BCUT2D eigenvalue weighted by Crippen LogP contribution is -2.29. The third kappa shape index (κ3) is 6.26. The SMILES string of the molecule is CCCCc1ccc(NC(=O)C(=O)Nc2ccc(C(=O)OCC)cc2)cc1. The molecule has 2 aromatic rings. The Labute approximate surface area is 158 Å². The summed E-state index contributed by atoms with van der Waals surface area (Å²) in [7, 11) is 0. The number of hydrogen-bond acceptors (Lipinski definition) is 4. The number of carbonyl (C=O) groups excluding carboxylic acids is 3. The van der Waals surface area contributed by atoms with Gasteiger partial charge in [-0.2, -0.15) is 0 Å². The highest BCUT2D eigenvalue weighted by Gasteiger charge is 2.14. The van der Waals surface area contributed by atoms with Gasteiger partial charge < -0.3 is 15.4 Å². The summed E-state index contributed by atoms with van der Waals surface area (Å²) in [6.07, 6.45) is 3.23. The Hall–Kier alpha value is -3.15. The van der Waals surface area contributed by atoms with Gasteiger partial charge in [0.05, 0.1) is 12.2 Å². The maximum Gasteiger partial charge on any atom is 0.338 e. The van der Waals surface area contributed by atoms with Gasteiger partial charge in [-0.3, -0.25) is 9.59 Å². The van der Waals surface area contributed by atoms with E-state index < -0.39 is 17.8 Å². The smallest absolute Gasteiger partial charge is 0.338 e. The van der Waals surface area contributed by atoms with Gasteiger partial charge in [0.2, 0.25) is 0 Å². The molecule has 0 aliphatic carbocycles. The summed E-state index contributed by atoms with van der Waals surface area (Å²) >= 11 is 0. The second-order valence-corrected chi connectivity index (χ2v) is 6.01. The summed E-state index contributed by atoms with van der Waals surface area (Å²) in [6, 6.07) is 13.6. The molecule has 0 unspecified atom stereocenters. The number of aryl methyl sites for hydroxylation is 1. The van der Waals surface area contributed by atoms with E-state index in [0.29, 0.717) is 16.9 Å². The molecule has 2 aromatic carbocycles. The topological polar surface area (TPSA) is 84.5 Å². The van der Waals surface area contributed by atoms with Crippen molar-refractivity contribution < 1.29 is 19.1 Å². The highest BCUT2D eigenvalue weighted by Crippen LogP contribution is 2.13. The van der Waals surface area contributed by atoms with Gasteiger partial charge >= 0.3 is 17.8 Å². The number of carbonyl (C=O) groups is 3. The van der Waals surface area contributed by atoms with Gasteiger partial charge in [0, 0.05) is 11.4 Å². The number of hydrogen-bond donors (Lipinski definition) is 2. The molecule has 0 saturated carbocycles. The summed E-state index contributed by atoms with van der Waals surface area (Å²) in [6.45, 7) is 4.15. The van der Waals surface area contributed by atoms with Gasteiger partial charge in [-0.25, -0.2) is 4.79 Å². The normalized spacial score (nSPS) is 10.1. The van der Waals surface area contributed by atoms with Crippen molar-refractivity contribution in [2.75, 3.05) is 17.2 Å². The molecule has 0 aromatic heterocycles. The predicted octanol–water partition coefficient (Wildman–Crippen LogP) is 3.78. The van der Waals surface area contributed by atoms with Crippen LogP contribution in [-0.4, -0.2) is 24.4 Å². The minimum atomic E-state index is -0.783. The van der Waals surface area contributed by atoms with Crippen molar-refractivity contribution in [1.29, 1.82) is 0 Å². The molecule has 0 saturated heterocycles. The maximum absolute atomic E-state index is 12.0. The highest BCUT2D eigenvalue weighted by atomic mass is 16.5. The molecule has 2 N–H and O–H groups in total. The van der Waals surface area contributed by atoms with Crippen molar-refractivity contribution in [2.24, 2.45) is 0 Å². The van der Waals surface area contributed by atoms with E-state index in [0.717, 1.165) is 19.3 Å². The number of anilines is 2. The van der Waals surface area contributed by atoms with Crippen molar-refractivity contribution in [1.82, 2.24) is 0 Å². The minimum absolute atomic E-state index is 0.289. The molecule has 0 bridgehead atoms. The average Bonchev–Trinajstić information content (AvgIpc) is 2.68. The number of ether oxygens (including phenoxy) is 1. The van der Waals surface area contributed by atoms with Crippen LogP contribution >= 0.6 is 0 Å². The Morgan fingerprint density at radius 1 is 0.815 bits per heavy atom. The first kappa shape index (κ1) is 20.2. The zero-order valence-corrected chi connectivity index (χ0v) is 15.6. The zero-order chi connectivity index (χ0) is 19.6. The van der Waals surface area contributed by atoms with Crippen LogP contribution in [0.25, 0.3) is 0 Å². The predicted molar refractivity (Wildman–Crippen MR) is 105 cm³/mol. The quantitative estimate of drug-likeness (QED) is 0.575. The van der Waals surface area contributed by atoms with Gasteiger partial charge in [-0.05, 0) is 61.7 Å². The Morgan fingerprint density at radius 2 is 1.33 bits per heavy atom. The molecule has 2 rings (SSSR count). The summed E-state index contributed by atoms with van der Waals surface area (Å²) in [5.41, 5.74) is 2.55. The van der Waals surface area contributed by atoms with E-state index in [4.69, 9.17) is 4.74 Å². The molecule has 0 spiro atoms. The summed E-state index contributed by atoms with van der Waals surface area (Å²) in [4.78, 5) is 35.7. The lowest BCUT2D eigenvalue weighted by Gasteiger charge is -2.08.